The van der Waals surface area contributed by atoms with E-state index in [9.17, 15) is 22.8 Å². The van der Waals surface area contributed by atoms with Gasteiger partial charge in [-0.25, -0.2) is 18.7 Å². The Balaban J connectivity index is 2.24. The summed E-state index contributed by atoms with van der Waals surface area (Å²) in [5, 5.41) is 13.8. The van der Waals surface area contributed by atoms with Gasteiger partial charge in [-0.2, -0.15) is 5.48 Å². The number of halogens is 4. The number of hydroxylamine groups is 2. The van der Waals surface area contributed by atoms with Gasteiger partial charge in [0.25, 0.3) is 5.91 Å². The van der Waals surface area contributed by atoms with E-state index in [2.05, 4.69) is 16.1 Å². The van der Waals surface area contributed by atoms with Gasteiger partial charge in [-0.15, -0.1) is 0 Å². The molecule has 2 amide bonds. The largest absolute Gasteiger partial charge is 0.394 e. The summed E-state index contributed by atoms with van der Waals surface area (Å²) in [6.45, 7) is 1.02. The minimum Gasteiger partial charge on any atom is -0.394 e. The number of aliphatic hydroxyl groups excluding tert-OH is 1. The molecule has 0 bridgehead atoms. The molecule has 186 valence electrons. The lowest BCUT2D eigenvalue weighted by molar-refractivity contribution is -0.121. The number of carbonyl (C=O) groups excluding carboxylic acids is 2. The zero-order chi connectivity index (χ0) is 25.1. The maximum atomic E-state index is 15.0. The Morgan fingerprint density at radius 2 is 1.85 bits per heavy atom. The Hall–Kier alpha value is -2.46. The normalized spacial score (nSPS) is 10.8. The second-order valence-electron chi connectivity index (χ2n) is 6.71. The molecule has 0 aliphatic rings. The van der Waals surface area contributed by atoms with Crippen LogP contribution >= 0.6 is 22.6 Å². The van der Waals surface area contributed by atoms with Crippen molar-refractivity contribution in [3.8, 4) is 0 Å². The van der Waals surface area contributed by atoms with E-state index in [1.807, 2.05) is 28.1 Å². The zero-order valence-electron chi connectivity index (χ0n) is 18.1. The smallest absolute Gasteiger partial charge is 0.277 e. The van der Waals surface area contributed by atoms with Crippen LogP contribution in [0.4, 0.5) is 24.5 Å². The summed E-state index contributed by atoms with van der Waals surface area (Å²) in [4.78, 5) is 33.6. The Labute approximate surface area is 207 Å². The fourth-order valence-corrected chi connectivity index (χ4v) is 3.07. The van der Waals surface area contributed by atoms with E-state index < -0.39 is 29.0 Å². The summed E-state index contributed by atoms with van der Waals surface area (Å²) in [5.41, 5.74) is 3.04. The van der Waals surface area contributed by atoms with Crippen molar-refractivity contribution in [2.24, 2.45) is 0 Å². The molecule has 0 aliphatic carbocycles. The molecule has 0 fully saturated rings. The van der Waals surface area contributed by atoms with Crippen molar-refractivity contribution < 1.29 is 37.5 Å². The summed E-state index contributed by atoms with van der Waals surface area (Å²) in [7, 11) is 0. The first-order chi connectivity index (χ1) is 16.3. The highest BCUT2D eigenvalue weighted by Crippen LogP contribution is 2.30. The van der Waals surface area contributed by atoms with Gasteiger partial charge in [0, 0.05) is 28.6 Å². The van der Waals surface area contributed by atoms with Gasteiger partial charge in [-0.3, -0.25) is 19.3 Å². The third kappa shape index (κ3) is 8.09. The number of anilines is 2. The Morgan fingerprint density at radius 3 is 2.53 bits per heavy atom. The Morgan fingerprint density at radius 1 is 1.09 bits per heavy atom. The molecule has 2 aromatic rings. The highest BCUT2D eigenvalue weighted by Gasteiger charge is 2.24. The van der Waals surface area contributed by atoms with E-state index in [0.717, 1.165) is 6.07 Å². The van der Waals surface area contributed by atoms with Gasteiger partial charge in [0.15, 0.2) is 11.6 Å². The van der Waals surface area contributed by atoms with Gasteiger partial charge in [0.05, 0.1) is 36.8 Å². The summed E-state index contributed by atoms with van der Waals surface area (Å²) < 4.78 is 44.6. The number of rotatable bonds is 13. The fraction of sp³-hybridized carbons (Fsp3) is 0.333. The first-order valence-corrected chi connectivity index (χ1v) is 11.2. The molecule has 34 heavy (non-hydrogen) atoms. The van der Waals surface area contributed by atoms with Crippen molar-refractivity contribution in [1.29, 1.82) is 0 Å². The van der Waals surface area contributed by atoms with Gasteiger partial charge >= 0.3 is 0 Å². The van der Waals surface area contributed by atoms with E-state index in [1.165, 1.54) is 12.1 Å². The van der Waals surface area contributed by atoms with Crippen molar-refractivity contribution in [2.75, 3.05) is 31.7 Å². The molecule has 0 heterocycles. The van der Waals surface area contributed by atoms with Crippen molar-refractivity contribution in [3.05, 3.63) is 56.4 Å². The topological polar surface area (TPSA) is 121 Å². The molecule has 0 aliphatic heterocycles. The molecule has 0 unspecified atom stereocenters. The van der Waals surface area contributed by atoms with Gasteiger partial charge in [-0.1, -0.05) is 6.92 Å². The van der Waals surface area contributed by atoms with Crippen LogP contribution in [0.3, 0.4) is 0 Å². The lowest BCUT2D eigenvalue weighted by Crippen LogP contribution is -2.29. The minimum absolute atomic E-state index is 0.0594. The summed E-state index contributed by atoms with van der Waals surface area (Å²) in [5.74, 6) is -4.55. The van der Waals surface area contributed by atoms with Crippen molar-refractivity contribution >= 4 is 45.8 Å². The van der Waals surface area contributed by atoms with Crippen LogP contribution in [-0.4, -0.2) is 43.3 Å². The first-order valence-electron chi connectivity index (χ1n) is 10.2. The van der Waals surface area contributed by atoms with E-state index in [-0.39, 0.29) is 55.6 Å². The number of carbonyl (C=O) groups is 2. The van der Waals surface area contributed by atoms with Crippen molar-refractivity contribution in [2.45, 2.75) is 19.9 Å². The third-order valence-corrected chi connectivity index (χ3v) is 4.96. The third-order valence-electron chi connectivity index (χ3n) is 4.29. The number of nitrogens with one attached hydrogen (secondary N) is 4. The van der Waals surface area contributed by atoms with Crippen LogP contribution in [0.2, 0.25) is 0 Å². The quantitative estimate of drug-likeness (QED) is 0.137. The minimum atomic E-state index is -1.42. The lowest BCUT2D eigenvalue weighted by Gasteiger charge is -2.17. The molecular formula is C21H24F3IN4O5. The second-order valence-corrected chi connectivity index (χ2v) is 7.96. The molecule has 13 heteroatoms. The van der Waals surface area contributed by atoms with Crippen LogP contribution in [0.5, 0.6) is 0 Å². The number of amides is 2. The monoisotopic (exact) mass is 596 g/mol. The van der Waals surface area contributed by atoms with Crippen LogP contribution in [0, 0.1) is 21.0 Å². The maximum Gasteiger partial charge on any atom is 0.277 e. The molecule has 0 aromatic heterocycles. The molecule has 0 radical (unpaired) electrons. The van der Waals surface area contributed by atoms with E-state index in [1.54, 1.807) is 13.0 Å². The summed E-state index contributed by atoms with van der Waals surface area (Å²) >= 11 is 1.89. The standard InChI is InChI=1S/C21H24F3IN4O5/c1-2-17(31)26-5-7-33-27-11-12-9-14(21(32)29-34-8-6-30)20(19(24)18(12)23)28-16-4-3-13(25)10-15(16)22/h3-4,9-10,27-28,30H,2,5-8,11H2,1H3,(H,26,31)(H,29,32). The van der Waals surface area contributed by atoms with Crippen LogP contribution in [-0.2, 0) is 21.0 Å². The molecule has 0 saturated carbocycles. The second kappa shape index (κ2) is 14.1. The van der Waals surface area contributed by atoms with Crippen LogP contribution in [0.1, 0.15) is 29.3 Å². The van der Waals surface area contributed by atoms with Gasteiger partial charge in [0.2, 0.25) is 5.91 Å². The molecular weight excluding hydrogens is 572 g/mol. The van der Waals surface area contributed by atoms with Crippen LogP contribution in [0.15, 0.2) is 24.3 Å². The predicted octanol–water partition coefficient (Wildman–Crippen LogP) is 2.65. The molecule has 2 aromatic carbocycles. The average Bonchev–Trinajstić information content (AvgIpc) is 2.81. The van der Waals surface area contributed by atoms with E-state index in [0.29, 0.717) is 9.99 Å². The number of benzene rings is 2. The van der Waals surface area contributed by atoms with E-state index in [4.69, 9.17) is 14.8 Å². The van der Waals surface area contributed by atoms with E-state index >= 15 is 0 Å². The van der Waals surface area contributed by atoms with Gasteiger partial charge < -0.3 is 15.7 Å². The van der Waals surface area contributed by atoms with Crippen molar-refractivity contribution in [3.63, 3.8) is 0 Å². The number of hydrogen-bond acceptors (Lipinski definition) is 7. The predicted molar refractivity (Wildman–Crippen MR) is 125 cm³/mol. The highest BCUT2D eigenvalue weighted by molar-refractivity contribution is 14.1. The van der Waals surface area contributed by atoms with Crippen LogP contribution < -0.4 is 21.6 Å². The zero-order valence-corrected chi connectivity index (χ0v) is 20.3. The Bertz CT molecular complexity index is 1010. The summed E-state index contributed by atoms with van der Waals surface area (Å²) in [6.07, 6.45) is 0.317. The lowest BCUT2D eigenvalue weighted by atomic mass is 10.1. The molecule has 0 atom stereocenters. The first kappa shape index (κ1) is 27.8. The van der Waals surface area contributed by atoms with Gasteiger partial charge in [-0.05, 0) is 46.9 Å². The number of aliphatic hydroxyl groups is 1. The number of hydrogen-bond donors (Lipinski definition) is 5. The maximum absolute atomic E-state index is 15.0. The fourth-order valence-electron chi connectivity index (χ4n) is 2.62. The summed E-state index contributed by atoms with van der Waals surface area (Å²) in [6, 6.07) is 5.10. The Kier molecular flexibility index (Phi) is 11.5. The average molecular weight is 596 g/mol. The molecule has 2 rings (SSSR count). The molecule has 9 nitrogen and oxygen atoms in total. The molecule has 0 spiro atoms. The molecule has 0 saturated heterocycles. The highest BCUT2D eigenvalue weighted by atomic mass is 127. The van der Waals surface area contributed by atoms with Gasteiger partial charge in [0.1, 0.15) is 5.82 Å². The van der Waals surface area contributed by atoms with Crippen LogP contribution in [0.25, 0.3) is 0 Å². The SMILES string of the molecule is CCC(=O)NCCONCc1cc(C(=O)NOCCO)c(Nc2ccc(I)cc2F)c(F)c1F. The van der Waals surface area contributed by atoms with Crippen molar-refractivity contribution in [1.82, 2.24) is 16.3 Å². The molecule has 5 N–H and O–H groups in total.